The fraction of sp³-hybridized carbons (Fsp3) is 0.0833. The minimum atomic E-state index is -3.57. The van der Waals surface area contributed by atoms with Gasteiger partial charge in [0.2, 0.25) is 10.0 Å². The van der Waals surface area contributed by atoms with E-state index in [9.17, 15) is 13.2 Å². The maximum absolute atomic E-state index is 11.9. The van der Waals surface area contributed by atoms with Gasteiger partial charge in [0, 0.05) is 5.69 Å². The van der Waals surface area contributed by atoms with Crippen LogP contribution in [0.25, 0.3) is 0 Å². The Morgan fingerprint density at radius 1 is 1.19 bits per heavy atom. The van der Waals surface area contributed by atoms with E-state index in [2.05, 4.69) is 20.2 Å². The molecule has 2 rings (SSSR count). The summed E-state index contributed by atoms with van der Waals surface area (Å²) in [6.45, 7) is 0. The first kappa shape index (κ1) is 15.4. The van der Waals surface area contributed by atoms with Gasteiger partial charge in [0.25, 0.3) is 5.91 Å². The lowest BCUT2D eigenvalue weighted by Crippen LogP contribution is -2.19. The zero-order valence-corrected chi connectivity index (χ0v) is 12.4. The molecule has 0 unspecified atom stereocenters. The summed E-state index contributed by atoms with van der Waals surface area (Å²) in [6, 6.07) is 8.70. The average Bonchev–Trinajstić information content (AvgIpc) is 2.48. The molecule has 0 aliphatic carbocycles. The summed E-state index contributed by atoms with van der Waals surface area (Å²) >= 11 is 5.58. The standard InChI is InChI=1S/C12H11ClN4O3S/c1-14-21(19,20)9-4-2-3-8(7-9)15-12(18)10-5-6-11(13)17-16-10/h2-7,14H,1H3,(H,15,18). The molecule has 0 saturated carbocycles. The molecule has 1 amide bonds. The van der Waals surface area contributed by atoms with Crippen LogP contribution in [0.5, 0.6) is 0 Å². The number of carbonyl (C=O) groups excluding carboxylic acids is 1. The van der Waals surface area contributed by atoms with Gasteiger partial charge in [-0.15, -0.1) is 10.2 Å². The number of sulfonamides is 1. The van der Waals surface area contributed by atoms with Gasteiger partial charge in [-0.2, -0.15) is 0 Å². The molecule has 21 heavy (non-hydrogen) atoms. The summed E-state index contributed by atoms with van der Waals surface area (Å²) < 4.78 is 25.6. The van der Waals surface area contributed by atoms with Crippen molar-refractivity contribution in [2.24, 2.45) is 0 Å². The van der Waals surface area contributed by atoms with E-state index in [0.717, 1.165) is 0 Å². The molecule has 1 heterocycles. The Morgan fingerprint density at radius 3 is 2.57 bits per heavy atom. The van der Waals surface area contributed by atoms with Gasteiger partial charge in [-0.25, -0.2) is 13.1 Å². The van der Waals surface area contributed by atoms with E-state index in [1.165, 1.54) is 37.4 Å². The second kappa shape index (κ2) is 6.17. The largest absolute Gasteiger partial charge is 0.321 e. The Balaban J connectivity index is 2.22. The van der Waals surface area contributed by atoms with Crippen molar-refractivity contribution >= 4 is 33.2 Å². The van der Waals surface area contributed by atoms with Gasteiger partial charge in [-0.3, -0.25) is 4.79 Å². The number of nitrogens with one attached hydrogen (secondary N) is 2. The van der Waals surface area contributed by atoms with E-state index in [0.29, 0.717) is 5.69 Å². The summed E-state index contributed by atoms with van der Waals surface area (Å²) in [5, 5.41) is 9.91. The number of carbonyl (C=O) groups is 1. The van der Waals surface area contributed by atoms with Crippen LogP contribution in [0.4, 0.5) is 5.69 Å². The van der Waals surface area contributed by atoms with E-state index >= 15 is 0 Å². The SMILES string of the molecule is CNS(=O)(=O)c1cccc(NC(=O)c2ccc(Cl)nn2)c1. The molecule has 1 aromatic carbocycles. The lowest BCUT2D eigenvalue weighted by molar-refractivity contribution is 0.102. The minimum absolute atomic E-state index is 0.0463. The first-order valence-corrected chi connectivity index (χ1v) is 7.63. The Kier molecular flexibility index (Phi) is 4.51. The number of aromatic nitrogens is 2. The van der Waals surface area contributed by atoms with E-state index in [-0.39, 0.29) is 15.7 Å². The molecule has 0 radical (unpaired) electrons. The van der Waals surface area contributed by atoms with Gasteiger partial charge in [0.05, 0.1) is 4.90 Å². The highest BCUT2D eigenvalue weighted by Gasteiger charge is 2.13. The normalized spacial score (nSPS) is 11.1. The maximum Gasteiger partial charge on any atom is 0.276 e. The van der Waals surface area contributed by atoms with Crippen LogP contribution < -0.4 is 10.0 Å². The molecular weight excluding hydrogens is 316 g/mol. The van der Waals surface area contributed by atoms with Crippen molar-refractivity contribution in [2.45, 2.75) is 4.90 Å². The van der Waals surface area contributed by atoms with Crippen molar-refractivity contribution in [2.75, 3.05) is 12.4 Å². The fourth-order valence-electron chi connectivity index (χ4n) is 1.49. The molecule has 110 valence electrons. The molecule has 0 saturated heterocycles. The number of hydrogen-bond donors (Lipinski definition) is 2. The minimum Gasteiger partial charge on any atom is -0.321 e. The molecule has 0 spiro atoms. The van der Waals surface area contributed by atoms with E-state index in [1.54, 1.807) is 6.07 Å². The third-order valence-corrected chi connectivity index (χ3v) is 4.15. The summed E-state index contributed by atoms with van der Waals surface area (Å²) in [5.74, 6) is -0.516. The smallest absolute Gasteiger partial charge is 0.276 e. The molecule has 7 nitrogen and oxygen atoms in total. The second-order valence-electron chi connectivity index (χ2n) is 3.93. The molecule has 0 atom stereocenters. The maximum atomic E-state index is 11.9. The molecule has 0 bridgehead atoms. The van der Waals surface area contributed by atoms with Gasteiger partial charge in [0.15, 0.2) is 10.8 Å². The summed E-state index contributed by atoms with van der Waals surface area (Å²) in [7, 11) is -2.26. The number of hydrogen-bond acceptors (Lipinski definition) is 5. The highest BCUT2D eigenvalue weighted by molar-refractivity contribution is 7.89. The van der Waals surface area contributed by atoms with Gasteiger partial charge < -0.3 is 5.32 Å². The lowest BCUT2D eigenvalue weighted by atomic mass is 10.3. The Labute approximate surface area is 126 Å². The van der Waals surface area contributed by atoms with Gasteiger partial charge in [-0.05, 0) is 37.4 Å². The predicted octanol–water partition coefficient (Wildman–Crippen LogP) is 1.29. The number of anilines is 1. The molecule has 2 aromatic rings. The summed E-state index contributed by atoms with van der Waals surface area (Å²) in [6.07, 6.45) is 0. The topological polar surface area (TPSA) is 101 Å². The van der Waals surface area contributed by atoms with E-state index in [4.69, 9.17) is 11.6 Å². The molecule has 1 aromatic heterocycles. The van der Waals surface area contributed by atoms with Crippen LogP contribution in [0.2, 0.25) is 5.15 Å². The third kappa shape index (κ3) is 3.75. The molecule has 0 fully saturated rings. The Bertz CT molecular complexity index is 762. The van der Waals surface area contributed by atoms with Crippen molar-refractivity contribution in [1.29, 1.82) is 0 Å². The average molecular weight is 327 g/mol. The van der Waals surface area contributed by atoms with Crippen LogP contribution in [-0.2, 0) is 10.0 Å². The van der Waals surface area contributed by atoms with E-state index < -0.39 is 15.9 Å². The molecule has 0 aliphatic rings. The van der Waals surface area contributed by atoms with E-state index in [1.807, 2.05) is 0 Å². The van der Waals surface area contributed by atoms with Crippen LogP contribution in [0.1, 0.15) is 10.5 Å². The molecule has 9 heteroatoms. The van der Waals surface area contributed by atoms with Crippen molar-refractivity contribution in [3.63, 3.8) is 0 Å². The number of benzene rings is 1. The van der Waals surface area contributed by atoms with Crippen molar-refractivity contribution in [1.82, 2.24) is 14.9 Å². The predicted molar refractivity (Wildman–Crippen MR) is 77.7 cm³/mol. The highest BCUT2D eigenvalue weighted by atomic mass is 35.5. The van der Waals surface area contributed by atoms with Crippen molar-refractivity contribution < 1.29 is 13.2 Å². The Morgan fingerprint density at radius 2 is 1.95 bits per heavy atom. The number of halogens is 1. The van der Waals surface area contributed by atoms with Crippen LogP contribution in [0.3, 0.4) is 0 Å². The fourth-order valence-corrected chi connectivity index (χ4v) is 2.37. The quantitative estimate of drug-likeness (QED) is 0.881. The monoisotopic (exact) mass is 326 g/mol. The first-order chi connectivity index (χ1) is 9.92. The van der Waals surface area contributed by atoms with Crippen LogP contribution in [-0.4, -0.2) is 31.6 Å². The third-order valence-electron chi connectivity index (χ3n) is 2.54. The van der Waals surface area contributed by atoms with Crippen molar-refractivity contribution in [3.05, 3.63) is 47.2 Å². The summed E-state index contributed by atoms with van der Waals surface area (Å²) in [5.41, 5.74) is 0.398. The molecular formula is C12H11ClN4O3S. The highest BCUT2D eigenvalue weighted by Crippen LogP contribution is 2.15. The van der Waals surface area contributed by atoms with Crippen LogP contribution in [0, 0.1) is 0 Å². The zero-order chi connectivity index (χ0) is 15.5. The van der Waals surface area contributed by atoms with Gasteiger partial charge in [-0.1, -0.05) is 17.7 Å². The van der Waals surface area contributed by atoms with Crippen LogP contribution >= 0.6 is 11.6 Å². The zero-order valence-electron chi connectivity index (χ0n) is 10.9. The first-order valence-electron chi connectivity index (χ1n) is 5.76. The summed E-state index contributed by atoms with van der Waals surface area (Å²) in [4.78, 5) is 12.0. The number of rotatable bonds is 4. The lowest BCUT2D eigenvalue weighted by Gasteiger charge is -2.07. The number of nitrogens with zero attached hydrogens (tertiary/aromatic N) is 2. The second-order valence-corrected chi connectivity index (χ2v) is 6.20. The van der Waals surface area contributed by atoms with Gasteiger partial charge in [0.1, 0.15) is 0 Å². The Hall–Kier alpha value is -2.03. The van der Waals surface area contributed by atoms with Crippen molar-refractivity contribution in [3.8, 4) is 0 Å². The van der Waals surface area contributed by atoms with Crippen LogP contribution in [0.15, 0.2) is 41.3 Å². The molecule has 2 N–H and O–H groups in total. The van der Waals surface area contributed by atoms with Gasteiger partial charge >= 0.3 is 0 Å². The molecule has 0 aliphatic heterocycles. The number of amides is 1.